The molecule has 11 heteroatoms. The van der Waals surface area contributed by atoms with Crippen molar-refractivity contribution in [2.24, 2.45) is 0 Å². The van der Waals surface area contributed by atoms with Crippen LogP contribution in [0.15, 0.2) is 65.8 Å². The summed E-state index contributed by atoms with van der Waals surface area (Å²) in [6, 6.07) is 16.3. The first-order valence-corrected chi connectivity index (χ1v) is 12.2. The van der Waals surface area contributed by atoms with Gasteiger partial charge in [0.2, 0.25) is 5.95 Å². The minimum atomic E-state index is -4.12. The molecule has 5 rings (SSSR count). The minimum absolute atomic E-state index is 0.0394. The number of benzene rings is 2. The highest BCUT2D eigenvalue weighted by atomic mass is 32.2. The number of nitrogens with one attached hydrogen (secondary N) is 2. The molecular formula is C23H22N8O2S. The van der Waals surface area contributed by atoms with E-state index in [1.54, 1.807) is 12.1 Å². The molecule has 0 saturated carbocycles. The van der Waals surface area contributed by atoms with E-state index in [-0.39, 0.29) is 22.1 Å². The Hall–Kier alpha value is -4.01. The Kier molecular flexibility index (Phi) is 5.61. The molecule has 2 aromatic heterocycles. The molecule has 0 bridgehead atoms. The van der Waals surface area contributed by atoms with Crippen molar-refractivity contribution in [3.63, 3.8) is 0 Å². The van der Waals surface area contributed by atoms with Gasteiger partial charge in [-0.05, 0) is 43.3 Å². The highest BCUT2D eigenvalue weighted by molar-refractivity contribution is 7.90. The summed E-state index contributed by atoms with van der Waals surface area (Å²) in [5.74, 6) is 0.238. The Morgan fingerprint density at radius 1 is 1.15 bits per heavy atom. The molecule has 2 aromatic carbocycles. The van der Waals surface area contributed by atoms with Gasteiger partial charge in [0.05, 0.1) is 17.1 Å². The van der Waals surface area contributed by atoms with E-state index >= 15 is 0 Å². The van der Waals surface area contributed by atoms with Crippen LogP contribution < -0.4 is 15.5 Å². The number of piperazine rings is 1. The van der Waals surface area contributed by atoms with E-state index < -0.39 is 10.0 Å². The third-order valence-corrected chi connectivity index (χ3v) is 7.28. The largest absolute Gasteiger partial charge is 0.369 e. The van der Waals surface area contributed by atoms with Gasteiger partial charge < -0.3 is 15.5 Å². The van der Waals surface area contributed by atoms with Crippen molar-refractivity contribution in [3.8, 4) is 6.07 Å². The Morgan fingerprint density at radius 3 is 2.71 bits per heavy atom. The molecule has 2 N–H and O–H groups in total. The quantitative estimate of drug-likeness (QED) is 0.448. The van der Waals surface area contributed by atoms with Crippen LogP contribution in [-0.4, -0.2) is 53.2 Å². The standard InChI is InChI=1S/C23H22N8O2S/c1-16-15-30(11-10-25-16)20-8-6-19(7-9-20)28-23-26-13-18-14-27-31(22(18)29-23)34(32,33)21-5-3-2-4-17(21)12-24/h2-9,13-14,16,25H,10-11,15H2,1H3,(H,26,28,29)/t16-/m1/s1. The first-order valence-electron chi connectivity index (χ1n) is 10.8. The van der Waals surface area contributed by atoms with Gasteiger partial charge in [0, 0.05) is 43.2 Å². The molecule has 34 heavy (non-hydrogen) atoms. The van der Waals surface area contributed by atoms with Crippen molar-refractivity contribution >= 4 is 38.4 Å². The third-order valence-electron chi connectivity index (χ3n) is 5.65. The van der Waals surface area contributed by atoms with Crippen LogP contribution in [0.2, 0.25) is 0 Å². The molecule has 10 nitrogen and oxygen atoms in total. The van der Waals surface area contributed by atoms with Crippen LogP contribution in [0, 0.1) is 11.3 Å². The number of hydrogen-bond donors (Lipinski definition) is 2. The summed E-state index contributed by atoms with van der Waals surface area (Å²) in [5, 5.41) is 20.4. The Bertz CT molecular complexity index is 1490. The van der Waals surface area contributed by atoms with Crippen molar-refractivity contribution in [1.82, 2.24) is 24.5 Å². The van der Waals surface area contributed by atoms with Crippen molar-refractivity contribution in [2.75, 3.05) is 29.9 Å². The lowest BCUT2D eigenvalue weighted by Gasteiger charge is -2.33. The molecule has 4 aromatic rings. The van der Waals surface area contributed by atoms with E-state index in [0.29, 0.717) is 11.4 Å². The van der Waals surface area contributed by atoms with Crippen LogP contribution in [0.3, 0.4) is 0 Å². The molecular weight excluding hydrogens is 452 g/mol. The molecule has 0 amide bonds. The summed E-state index contributed by atoms with van der Waals surface area (Å²) in [6.07, 6.45) is 2.89. The number of fused-ring (bicyclic) bond motifs is 1. The number of aromatic nitrogens is 4. The number of nitrogens with zero attached hydrogens (tertiary/aromatic N) is 6. The SMILES string of the molecule is C[C@@H]1CN(c2ccc(Nc3ncc4cnn(S(=O)(=O)c5ccccc5C#N)c4n3)cc2)CCN1. The second-order valence-electron chi connectivity index (χ2n) is 8.05. The minimum Gasteiger partial charge on any atom is -0.369 e. The first kappa shape index (κ1) is 21.8. The molecule has 1 aliphatic heterocycles. The van der Waals surface area contributed by atoms with E-state index in [0.717, 1.165) is 35.1 Å². The second kappa shape index (κ2) is 8.74. The predicted octanol–water partition coefficient (Wildman–Crippen LogP) is 2.48. The van der Waals surface area contributed by atoms with Crippen molar-refractivity contribution < 1.29 is 8.42 Å². The van der Waals surface area contributed by atoms with Gasteiger partial charge in [-0.2, -0.15) is 23.8 Å². The molecule has 1 fully saturated rings. The number of anilines is 3. The van der Waals surface area contributed by atoms with Gasteiger partial charge in [0.15, 0.2) is 5.65 Å². The van der Waals surface area contributed by atoms with Crippen molar-refractivity contribution in [2.45, 2.75) is 17.9 Å². The van der Waals surface area contributed by atoms with E-state index in [1.807, 2.05) is 30.3 Å². The topological polar surface area (TPSA) is 129 Å². The molecule has 1 aliphatic rings. The second-order valence-corrected chi connectivity index (χ2v) is 9.78. The highest BCUT2D eigenvalue weighted by Crippen LogP contribution is 2.24. The van der Waals surface area contributed by atoms with E-state index in [1.165, 1.54) is 24.5 Å². The monoisotopic (exact) mass is 474 g/mol. The van der Waals surface area contributed by atoms with Gasteiger partial charge in [-0.25, -0.2) is 4.98 Å². The zero-order chi connectivity index (χ0) is 23.7. The van der Waals surface area contributed by atoms with Gasteiger partial charge in [0.25, 0.3) is 10.0 Å². The van der Waals surface area contributed by atoms with Crippen LogP contribution in [0.25, 0.3) is 11.0 Å². The van der Waals surface area contributed by atoms with Crippen LogP contribution in [-0.2, 0) is 10.0 Å². The van der Waals surface area contributed by atoms with Crippen molar-refractivity contribution in [1.29, 1.82) is 5.26 Å². The maximum Gasteiger partial charge on any atom is 0.286 e. The van der Waals surface area contributed by atoms with Crippen LogP contribution >= 0.6 is 0 Å². The summed E-state index contributed by atoms with van der Waals surface area (Å²) in [7, 11) is -4.12. The van der Waals surface area contributed by atoms with Gasteiger partial charge in [-0.3, -0.25) is 0 Å². The molecule has 0 spiro atoms. The zero-order valence-corrected chi connectivity index (χ0v) is 19.2. The van der Waals surface area contributed by atoms with Gasteiger partial charge in [0.1, 0.15) is 11.0 Å². The summed E-state index contributed by atoms with van der Waals surface area (Å²) in [4.78, 5) is 10.9. The molecule has 3 heterocycles. The molecule has 1 saturated heterocycles. The normalized spacial score (nSPS) is 16.4. The van der Waals surface area contributed by atoms with E-state index in [9.17, 15) is 13.7 Å². The molecule has 172 valence electrons. The van der Waals surface area contributed by atoms with E-state index in [2.05, 4.69) is 37.5 Å². The number of nitriles is 1. The first-order chi connectivity index (χ1) is 16.5. The lowest BCUT2D eigenvalue weighted by Crippen LogP contribution is -2.49. The highest BCUT2D eigenvalue weighted by Gasteiger charge is 2.24. The summed E-state index contributed by atoms with van der Waals surface area (Å²) in [6.45, 7) is 5.01. The van der Waals surface area contributed by atoms with Crippen LogP contribution in [0.4, 0.5) is 17.3 Å². The van der Waals surface area contributed by atoms with Crippen LogP contribution in [0.5, 0.6) is 0 Å². The Balaban J connectivity index is 1.43. The zero-order valence-electron chi connectivity index (χ0n) is 18.4. The summed E-state index contributed by atoms with van der Waals surface area (Å²) < 4.78 is 27.3. The molecule has 0 aliphatic carbocycles. The summed E-state index contributed by atoms with van der Waals surface area (Å²) >= 11 is 0. The Labute approximate surface area is 196 Å². The lowest BCUT2D eigenvalue weighted by molar-refractivity contribution is 0.485. The van der Waals surface area contributed by atoms with Crippen LogP contribution in [0.1, 0.15) is 12.5 Å². The molecule has 1 atom stereocenters. The lowest BCUT2D eigenvalue weighted by atomic mass is 10.2. The fourth-order valence-corrected chi connectivity index (χ4v) is 5.33. The molecule has 0 radical (unpaired) electrons. The van der Waals surface area contributed by atoms with Gasteiger partial charge in [-0.15, -0.1) is 4.09 Å². The average Bonchev–Trinajstić information content (AvgIpc) is 3.29. The maximum atomic E-state index is 13.2. The maximum absolute atomic E-state index is 13.2. The fourth-order valence-electron chi connectivity index (χ4n) is 3.96. The fraction of sp³-hybridized carbons (Fsp3) is 0.217. The third kappa shape index (κ3) is 4.05. The van der Waals surface area contributed by atoms with Gasteiger partial charge >= 0.3 is 0 Å². The predicted molar refractivity (Wildman–Crippen MR) is 128 cm³/mol. The van der Waals surface area contributed by atoms with Crippen molar-refractivity contribution in [3.05, 3.63) is 66.5 Å². The summed E-state index contributed by atoms with van der Waals surface area (Å²) in [5.41, 5.74) is 2.07. The van der Waals surface area contributed by atoms with E-state index in [4.69, 9.17) is 0 Å². The number of hydrogen-bond acceptors (Lipinski definition) is 9. The smallest absolute Gasteiger partial charge is 0.286 e. The molecule has 0 unspecified atom stereocenters. The average molecular weight is 475 g/mol. The Morgan fingerprint density at radius 2 is 1.94 bits per heavy atom. The van der Waals surface area contributed by atoms with Gasteiger partial charge in [-0.1, -0.05) is 12.1 Å². The number of rotatable bonds is 5.